The highest BCUT2D eigenvalue weighted by Gasteiger charge is 2.22. The number of aryl methyl sites for hydroxylation is 1. The number of benzene rings is 1. The number of hydrogen-bond donors (Lipinski definition) is 1. The Bertz CT molecular complexity index is 567. The van der Waals surface area contributed by atoms with Gasteiger partial charge in [-0.1, -0.05) is 42.5 Å². The second-order valence-electron chi connectivity index (χ2n) is 7.07. The van der Waals surface area contributed by atoms with E-state index < -0.39 is 11.5 Å². The molecule has 132 valence electrons. The summed E-state index contributed by atoms with van der Waals surface area (Å²) in [6.45, 7) is 11.8. The fraction of sp³-hybridized carbons (Fsp3) is 0.476. The van der Waals surface area contributed by atoms with Crippen LogP contribution in [-0.4, -0.2) is 17.7 Å². The Morgan fingerprint density at radius 3 is 2.58 bits per heavy atom. The highest BCUT2D eigenvalue weighted by Crippen LogP contribution is 2.26. The molecular weight excluding hydrogens is 300 g/mol. The molecule has 3 heteroatoms. The van der Waals surface area contributed by atoms with E-state index in [1.54, 1.807) is 6.08 Å². The van der Waals surface area contributed by atoms with Crippen LogP contribution in [0.5, 0.6) is 0 Å². The van der Waals surface area contributed by atoms with Crippen LogP contribution in [-0.2, 0) is 9.53 Å². The lowest BCUT2D eigenvalue weighted by atomic mass is 9.92. The summed E-state index contributed by atoms with van der Waals surface area (Å²) in [4.78, 5) is 11.6. The van der Waals surface area contributed by atoms with Gasteiger partial charge >= 0.3 is 5.97 Å². The predicted octanol–water partition coefficient (Wildman–Crippen LogP) is 4.76. The van der Waals surface area contributed by atoms with Crippen molar-refractivity contribution < 1.29 is 14.6 Å². The summed E-state index contributed by atoms with van der Waals surface area (Å²) in [5.41, 5.74) is 1.53. The molecule has 0 saturated heterocycles. The SMILES string of the molecule is C=CC(/C=C/CCCOC(=O)C(C)(C)C)C(O)c1ccccc1C. The highest BCUT2D eigenvalue weighted by atomic mass is 16.5. The first-order valence-electron chi connectivity index (χ1n) is 8.47. The van der Waals surface area contributed by atoms with Gasteiger partial charge in [0.2, 0.25) is 0 Å². The third kappa shape index (κ3) is 6.32. The van der Waals surface area contributed by atoms with E-state index >= 15 is 0 Å². The number of hydrogen-bond acceptors (Lipinski definition) is 3. The minimum Gasteiger partial charge on any atom is -0.465 e. The molecule has 0 radical (unpaired) electrons. The van der Waals surface area contributed by atoms with Gasteiger partial charge in [-0.25, -0.2) is 0 Å². The zero-order valence-electron chi connectivity index (χ0n) is 15.3. The molecule has 2 unspecified atom stereocenters. The lowest BCUT2D eigenvalue weighted by Gasteiger charge is -2.19. The molecule has 0 amide bonds. The highest BCUT2D eigenvalue weighted by molar-refractivity contribution is 5.75. The number of esters is 1. The molecule has 0 bridgehead atoms. The third-order valence-corrected chi connectivity index (χ3v) is 3.86. The van der Waals surface area contributed by atoms with Crippen LogP contribution >= 0.6 is 0 Å². The molecule has 0 fully saturated rings. The van der Waals surface area contributed by atoms with Crippen molar-refractivity contribution in [3.63, 3.8) is 0 Å². The first-order chi connectivity index (χ1) is 11.3. The molecule has 1 aromatic rings. The Morgan fingerprint density at radius 2 is 2.00 bits per heavy atom. The Labute approximate surface area is 146 Å². The monoisotopic (exact) mass is 330 g/mol. The molecule has 24 heavy (non-hydrogen) atoms. The number of aliphatic hydroxyl groups is 1. The van der Waals surface area contributed by atoms with Gasteiger partial charge in [0.1, 0.15) is 0 Å². The maximum Gasteiger partial charge on any atom is 0.311 e. The van der Waals surface area contributed by atoms with Crippen LogP contribution in [0.2, 0.25) is 0 Å². The lowest BCUT2D eigenvalue weighted by Crippen LogP contribution is -2.23. The summed E-state index contributed by atoms with van der Waals surface area (Å²) in [7, 11) is 0. The van der Waals surface area contributed by atoms with Crippen LogP contribution in [0.4, 0.5) is 0 Å². The first kappa shape index (κ1) is 20.2. The Hall–Kier alpha value is -1.87. The maximum atomic E-state index is 11.6. The molecular formula is C21H30O3. The number of carbonyl (C=O) groups is 1. The summed E-state index contributed by atoms with van der Waals surface area (Å²) in [6.07, 6.45) is 6.70. The average molecular weight is 330 g/mol. The molecule has 0 heterocycles. The standard InChI is InChI=1S/C21H30O3/c1-6-17(19(22)18-14-10-9-12-16(18)2)13-8-7-11-15-24-20(23)21(3,4)5/h6,8-10,12-14,17,19,22H,1,7,11,15H2,2-5H3/b13-8+. The molecule has 1 aromatic carbocycles. The molecule has 0 aromatic heterocycles. The summed E-state index contributed by atoms with van der Waals surface area (Å²) in [6, 6.07) is 7.82. The lowest BCUT2D eigenvalue weighted by molar-refractivity contribution is -0.153. The van der Waals surface area contributed by atoms with Crippen molar-refractivity contribution in [3.05, 3.63) is 60.2 Å². The first-order valence-corrected chi connectivity index (χ1v) is 8.47. The van der Waals surface area contributed by atoms with Crippen LogP contribution < -0.4 is 0 Å². The summed E-state index contributed by atoms with van der Waals surface area (Å²) < 4.78 is 5.23. The Balaban J connectivity index is 2.46. The van der Waals surface area contributed by atoms with E-state index in [9.17, 15) is 9.90 Å². The summed E-state index contributed by atoms with van der Waals surface area (Å²) >= 11 is 0. The quantitative estimate of drug-likeness (QED) is 0.425. The molecule has 0 spiro atoms. The van der Waals surface area contributed by atoms with E-state index in [-0.39, 0.29) is 11.9 Å². The Morgan fingerprint density at radius 1 is 1.33 bits per heavy atom. The molecule has 3 nitrogen and oxygen atoms in total. The van der Waals surface area contributed by atoms with Gasteiger partial charge in [0.15, 0.2) is 0 Å². The number of aliphatic hydroxyl groups excluding tert-OH is 1. The van der Waals surface area contributed by atoms with E-state index in [1.807, 2.05) is 64.1 Å². The second-order valence-corrected chi connectivity index (χ2v) is 7.07. The van der Waals surface area contributed by atoms with Gasteiger partial charge in [-0.05, 0) is 51.7 Å². The molecule has 0 aliphatic rings. The molecule has 0 aliphatic carbocycles. The van der Waals surface area contributed by atoms with E-state index in [1.165, 1.54) is 0 Å². The topological polar surface area (TPSA) is 46.5 Å². The largest absolute Gasteiger partial charge is 0.465 e. The van der Waals surface area contributed by atoms with Gasteiger partial charge in [-0.15, -0.1) is 6.58 Å². The average Bonchev–Trinajstić information content (AvgIpc) is 2.53. The van der Waals surface area contributed by atoms with Crippen LogP contribution in [0.3, 0.4) is 0 Å². The van der Waals surface area contributed by atoms with E-state index in [0.717, 1.165) is 24.0 Å². The van der Waals surface area contributed by atoms with E-state index in [2.05, 4.69) is 6.58 Å². The normalized spacial score (nSPS) is 14.4. The third-order valence-electron chi connectivity index (χ3n) is 3.86. The summed E-state index contributed by atoms with van der Waals surface area (Å²) in [5, 5.41) is 10.5. The fourth-order valence-electron chi connectivity index (χ4n) is 2.27. The molecule has 0 aliphatic heterocycles. The zero-order valence-corrected chi connectivity index (χ0v) is 15.3. The second kappa shape index (κ2) is 9.43. The van der Waals surface area contributed by atoms with Crippen molar-refractivity contribution in [1.29, 1.82) is 0 Å². The molecule has 2 atom stereocenters. The number of carbonyl (C=O) groups excluding carboxylic acids is 1. The minimum absolute atomic E-state index is 0.136. The number of allylic oxidation sites excluding steroid dienone is 1. The van der Waals surface area contributed by atoms with Gasteiger partial charge < -0.3 is 9.84 Å². The minimum atomic E-state index is -0.598. The number of rotatable bonds is 8. The van der Waals surface area contributed by atoms with Gasteiger partial charge in [-0.2, -0.15) is 0 Å². The Kier molecular flexibility index (Phi) is 7.93. The van der Waals surface area contributed by atoms with Crippen LogP contribution in [0.1, 0.15) is 50.8 Å². The molecule has 0 saturated carbocycles. The fourth-order valence-corrected chi connectivity index (χ4v) is 2.27. The number of ether oxygens (including phenoxy) is 1. The zero-order chi connectivity index (χ0) is 18.2. The van der Waals surface area contributed by atoms with Crippen LogP contribution in [0.25, 0.3) is 0 Å². The van der Waals surface area contributed by atoms with Gasteiger partial charge in [0, 0.05) is 5.92 Å². The van der Waals surface area contributed by atoms with Crippen LogP contribution in [0, 0.1) is 18.3 Å². The molecule has 1 rings (SSSR count). The van der Waals surface area contributed by atoms with E-state index in [4.69, 9.17) is 4.74 Å². The van der Waals surface area contributed by atoms with Crippen molar-refractivity contribution in [3.8, 4) is 0 Å². The van der Waals surface area contributed by atoms with Crippen molar-refractivity contribution >= 4 is 5.97 Å². The van der Waals surface area contributed by atoms with Gasteiger partial charge in [0.05, 0.1) is 18.1 Å². The van der Waals surface area contributed by atoms with Gasteiger partial charge in [0.25, 0.3) is 0 Å². The van der Waals surface area contributed by atoms with Crippen molar-refractivity contribution in [2.75, 3.05) is 6.61 Å². The number of unbranched alkanes of at least 4 members (excludes halogenated alkanes) is 1. The molecule has 1 N–H and O–H groups in total. The smallest absolute Gasteiger partial charge is 0.311 e. The maximum absolute atomic E-state index is 11.6. The summed E-state index contributed by atoms with van der Waals surface area (Å²) in [5.74, 6) is -0.311. The van der Waals surface area contributed by atoms with Crippen molar-refractivity contribution in [1.82, 2.24) is 0 Å². The predicted molar refractivity (Wildman–Crippen MR) is 98.6 cm³/mol. The van der Waals surface area contributed by atoms with Gasteiger partial charge in [-0.3, -0.25) is 4.79 Å². The van der Waals surface area contributed by atoms with E-state index in [0.29, 0.717) is 6.61 Å². The van der Waals surface area contributed by atoms with Crippen molar-refractivity contribution in [2.45, 2.75) is 46.6 Å². The van der Waals surface area contributed by atoms with Crippen molar-refractivity contribution in [2.24, 2.45) is 11.3 Å². The van der Waals surface area contributed by atoms with Crippen LogP contribution in [0.15, 0.2) is 49.1 Å².